The lowest BCUT2D eigenvalue weighted by Crippen LogP contribution is -2.52. The molecule has 2 nitrogen and oxygen atoms in total. The molecule has 1 saturated carbocycles. The van der Waals surface area contributed by atoms with Gasteiger partial charge in [0.05, 0.1) is 0 Å². The van der Waals surface area contributed by atoms with E-state index in [4.69, 9.17) is 0 Å². The molecule has 12 heavy (non-hydrogen) atoms. The molecule has 0 amide bonds. The van der Waals surface area contributed by atoms with Crippen LogP contribution < -0.4 is 5.32 Å². The van der Waals surface area contributed by atoms with Crippen molar-refractivity contribution in [2.45, 2.75) is 39.2 Å². The van der Waals surface area contributed by atoms with Crippen molar-refractivity contribution in [3.05, 3.63) is 0 Å². The summed E-state index contributed by atoms with van der Waals surface area (Å²) < 4.78 is 0. The Hall–Kier alpha value is -0.0800. The molecular weight excluding hydrogens is 148 g/mol. The molecule has 0 radical (unpaired) electrons. The van der Waals surface area contributed by atoms with Gasteiger partial charge in [0.2, 0.25) is 0 Å². The van der Waals surface area contributed by atoms with Crippen LogP contribution in [0.15, 0.2) is 0 Å². The van der Waals surface area contributed by atoms with Crippen LogP contribution in [-0.2, 0) is 0 Å². The van der Waals surface area contributed by atoms with Crippen LogP contribution in [0.4, 0.5) is 0 Å². The van der Waals surface area contributed by atoms with Crippen LogP contribution in [-0.4, -0.2) is 36.6 Å². The smallest absolute Gasteiger partial charge is 0.0310 e. The lowest BCUT2D eigenvalue weighted by Gasteiger charge is -2.32. The second-order valence-corrected chi connectivity index (χ2v) is 3.58. The van der Waals surface area contributed by atoms with Crippen molar-refractivity contribution in [1.29, 1.82) is 0 Å². The van der Waals surface area contributed by atoms with Gasteiger partial charge in [-0.2, -0.15) is 0 Å². The van der Waals surface area contributed by atoms with Gasteiger partial charge in [-0.25, -0.2) is 0 Å². The maximum Gasteiger partial charge on any atom is 0.0310 e. The quantitative estimate of drug-likeness (QED) is 0.641. The molecule has 1 aliphatic carbocycles. The summed E-state index contributed by atoms with van der Waals surface area (Å²) in [5.74, 6) is 0. The van der Waals surface area contributed by atoms with E-state index in [0.717, 1.165) is 0 Å². The Morgan fingerprint density at radius 2 is 2.00 bits per heavy atom. The molecule has 0 bridgehead atoms. The summed E-state index contributed by atoms with van der Waals surface area (Å²) in [7, 11) is 0. The summed E-state index contributed by atoms with van der Waals surface area (Å²) in [6.45, 7) is 11.2. The summed E-state index contributed by atoms with van der Waals surface area (Å²) in [6.07, 6.45) is 2.81. The van der Waals surface area contributed by atoms with E-state index in [1.807, 2.05) is 13.8 Å². The normalized spacial score (nSPS) is 26.2. The molecule has 1 aliphatic heterocycles. The molecular formula is C10H22N2. The third-order valence-electron chi connectivity index (χ3n) is 2.76. The first kappa shape index (κ1) is 10.0. The highest BCUT2D eigenvalue weighted by atomic mass is 15.2. The number of rotatable bonds is 1. The van der Waals surface area contributed by atoms with Crippen molar-refractivity contribution in [3.8, 4) is 0 Å². The molecule has 0 atom stereocenters. The Labute approximate surface area is 76.3 Å². The van der Waals surface area contributed by atoms with E-state index in [-0.39, 0.29) is 0 Å². The molecule has 2 aliphatic rings. The molecule has 0 unspecified atom stereocenters. The van der Waals surface area contributed by atoms with Gasteiger partial charge in [-0.1, -0.05) is 20.8 Å². The zero-order valence-corrected chi connectivity index (χ0v) is 8.69. The first-order chi connectivity index (χ1) is 5.85. The van der Waals surface area contributed by atoms with Crippen LogP contribution in [0.3, 0.4) is 0 Å². The SMILES string of the molecule is CC.CCN1CCNC2(CC2)C1. The first-order valence-electron chi connectivity index (χ1n) is 5.32. The highest BCUT2D eigenvalue weighted by Crippen LogP contribution is 2.37. The fraction of sp³-hybridized carbons (Fsp3) is 1.00. The predicted octanol–water partition coefficient (Wildman–Crippen LogP) is 1.47. The van der Waals surface area contributed by atoms with Crippen molar-refractivity contribution in [3.63, 3.8) is 0 Å². The van der Waals surface area contributed by atoms with E-state index in [9.17, 15) is 0 Å². The second-order valence-electron chi connectivity index (χ2n) is 3.58. The minimum Gasteiger partial charge on any atom is -0.309 e. The molecule has 1 heterocycles. The molecule has 0 aromatic heterocycles. The largest absolute Gasteiger partial charge is 0.309 e. The average molecular weight is 170 g/mol. The molecule has 1 N–H and O–H groups in total. The summed E-state index contributed by atoms with van der Waals surface area (Å²) in [4.78, 5) is 2.55. The van der Waals surface area contributed by atoms with Crippen molar-refractivity contribution < 1.29 is 0 Å². The standard InChI is InChI=1S/C8H16N2.C2H6/c1-2-10-6-5-9-8(7-10)3-4-8;1-2/h9H,2-7H2,1H3;1-2H3. The molecule has 2 fully saturated rings. The van der Waals surface area contributed by atoms with E-state index in [1.165, 1.54) is 39.0 Å². The Morgan fingerprint density at radius 3 is 2.50 bits per heavy atom. The van der Waals surface area contributed by atoms with Crippen molar-refractivity contribution in [1.82, 2.24) is 10.2 Å². The van der Waals surface area contributed by atoms with Gasteiger partial charge in [0.15, 0.2) is 0 Å². The molecule has 1 saturated heterocycles. The number of nitrogens with one attached hydrogen (secondary N) is 1. The molecule has 1 spiro atoms. The van der Waals surface area contributed by atoms with Crippen LogP contribution in [0.5, 0.6) is 0 Å². The van der Waals surface area contributed by atoms with E-state index in [2.05, 4.69) is 17.1 Å². The molecule has 0 aromatic carbocycles. The molecule has 72 valence electrons. The Balaban J connectivity index is 0.000000336. The maximum absolute atomic E-state index is 3.59. The van der Waals surface area contributed by atoms with Gasteiger partial charge in [0, 0.05) is 25.2 Å². The van der Waals surface area contributed by atoms with Gasteiger partial charge >= 0.3 is 0 Å². The van der Waals surface area contributed by atoms with Gasteiger partial charge in [-0.05, 0) is 19.4 Å². The van der Waals surface area contributed by atoms with Crippen LogP contribution in [0, 0.1) is 0 Å². The average Bonchev–Trinajstić information content (AvgIpc) is 2.88. The van der Waals surface area contributed by atoms with Gasteiger partial charge in [0.1, 0.15) is 0 Å². The van der Waals surface area contributed by atoms with Crippen molar-refractivity contribution >= 4 is 0 Å². The Bertz CT molecular complexity index is 130. The first-order valence-corrected chi connectivity index (χ1v) is 5.32. The van der Waals surface area contributed by atoms with Crippen LogP contribution in [0.1, 0.15) is 33.6 Å². The predicted molar refractivity (Wildman–Crippen MR) is 53.4 cm³/mol. The van der Waals surface area contributed by atoms with Gasteiger partial charge in [-0.3, -0.25) is 0 Å². The highest BCUT2D eigenvalue weighted by Gasteiger charge is 2.44. The summed E-state index contributed by atoms with van der Waals surface area (Å²) in [6, 6.07) is 0. The maximum atomic E-state index is 3.59. The number of hydrogen-bond acceptors (Lipinski definition) is 2. The molecule has 2 rings (SSSR count). The van der Waals surface area contributed by atoms with Crippen molar-refractivity contribution in [2.75, 3.05) is 26.2 Å². The molecule has 2 heteroatoms. The fourth-order valence-corrected chi connectivity index (χ4v) is 1.80. The van der Waals surface area contributed by atoms with Crippen LogP contribution in [0.25, 0.3) is 0 Å². The van der Waals surface area contributed by atoms with E-state index >= 15 is 0 Å². The minimum absolute atomic E-state index is 0.578. The number of hydrogen-bond donors (Lipinski definition) is 1. The summed E-state index contributed by atoms with van der Waals surface area (Å²) in [5, 5.41) is 3.59. The third kappa shape index (κ3) is 2.20. The van der Waals surface area contributed by atoms with Crippen LogP contribution >= 0.6 is 0 Å². The van der Waals surface area contributed by atoms with Gasteiger partial charge in [-0.15, -0.1) is 0 Å². The highest BCUT2D eigenvalue weighted by molar-refractivity contribution is 5.06. The second kappa shape index (κ2) is 4.24. The number of likely N-dealkylation sites (N-methyl/N-ethyl adjacent to an activating group) is 1. The van der Waals surface area contributed by atoms with E-state index < -0.39 is 0 Å². The lowest BCUT2D eigenvalue weighted by atomic mass is 10.2. The fourth-order valence-electron chi connectivity index (χ4n) is 1.80. The van der Waals surface area contributed by atoms with Gasteiger partial charge < -0.3 is 10.2 Å². The monoisotopic (exact) mass is 170 g/mol. The minimum atomic E-state index is 0.578. The topological polar surface area (TPSA) is 15.3 Å². The zero-order valence-electron chi connectivity index (χ0n) is 8.69. The summed E-state index contributed by atoms with van der Waals surface area (Å²) in [5.41, 5.74) is 0.578. The summed E-state index contributed by atoms with van der Waals surface area (Å²) >= 11 is 0. The van der Waals surface area contributed by atoms with Gasteiger partial charge in [0.25, 0.3) is 0 Å². The lowest BCUT2D eigenvalue weighted by molar-refractivity contribution is 0.198. The third-order valence-corrected chi connectivity index (χ3v) is 2.76. The van der Waals surface area contributed by atoms with E-state index in [1.54, 1.807) is 0 Å². The van der Waals surface area contributed by atoms with Crippen molar-refractivity contribution in [2.24, 2.45) is 0 Å². The number of nitrogens with zero attached hydrogens (tertiary/aromatic N) is 1. The van der Waals surface area contributed by atoms with E-state index in [0.29, 0.717) is 5.54 Å². The molecule has 0 aromatic rings. The number of piperazine rings is 1. The zero-order chi connectivity index (χ0) is 9.03. The van der Waals surface area contributed by atoms with Crippen LogP contribution in [0.2, 0.25) is 0 Å². The Kier molecular flexibility index (Phi) is 3.53. The Morgan fingerprint density at radius 1 is 1.33 bits per heavy atom.